The molecule has 0 radical (unpaired) electrons. The van der Waals surface area contributed by atoms with Crippen LogP contribution in [0, 0.1) is 5.82 Å². The number of halogens is 1. The number of carbonyl (C=O) groups is 2. The Morgan fingerprint density at radius 2 is 2.00 bits per heavy atom. The van der Waals surface area contributed by atoms with Crippen molar-refractivity contribution in [1.29, 1.82) is 0 Å². The molecule has 0 aromatic heterocycles. The Labute approximate surface area is 125 Å². The summed E-state index contributed by atoms with van der Waals surface area (Å²) in [6.07, 6.45) is 0.0367. The van der Waals surface area contributed by atoms with Crippen LogP contribution in [0.2, 0.25) is 0 Å². The van der Waals surface area contributed by atoms with E-state index in [9.17, 15) is 14.0 Å². The van der Waals surface area contributed by atoms with E-state index in [1.165, 1.54) is 30.3 Å². The van der Waals surface area contributed by atoms with Gasteiger partial charge in [-0.05, 0) is 29.8 Å². The van der Waals surface area contributed by atoms with Crippen LogP contribution in [0.4, 0.5) is 10.1 Å². The standard InChI is InChI=1S/C16H12FNO4/c17-11-3-1-10(2-4-11)7-16(20)22-12-5-6-13-14(8-12)21-9-15(19)18-13/h1-6,8H,7,9H2,(H,18,19). The van der Waals surface area contributed by atoms with E-state index in [0.29, 0.717) is 22.7 Å². The Morgan fingerprint density at radius 3 is 2.77 bits per heavy atom. The Kier molecular flexibility index (Phi) is 3.74. The SMILES string of the molecule is O=C1COc2cc(OC(=O)Cc3ccc(F)cc3)ccc2N1. The lowest BCUT2D eigenvalue weighted by Crippen LogP contribution is -2.25. The predicted molar refractivity (Wildman–Crippen MR) is 76.3 cm³/mol. The molecule has 1 aliphatic heterocycles. The van der Waals surface area contributed by atoms with Gasteiger partial charge >= 0.3 is 5.97 Å². The fourth-order valence-corrected chi connectivity index (χ4v) is 2.05. The molecule has 2 aromatic carbocycles. The van der Waals surface area contributed by atoms with Crippen LogP contribution in [-0.2, 0) is 16.0 Å². The van der Waals surface area contributed by atoms with Gasteiger partial charge in [0.2, 0.25) is 0 Å². The smallest absolute Gasteiger partial charge is 0.315 e. The number of anilines is 1. The maximum absolute atomic E-state index is 12.8. The quantitative estimate of drug-likeness (QED) is 0.698. The molecule has 0 saturated carbocycles. The molecule has 3 rings (SSSR count). The number of fused-ring (bicyclic) bond motifs is 1. The van der Waals surface area contributed by atoms with E-state index in [1.807, 2.05) is 0 Å². The average Bonchev–Trinajstić information content (AvgIpc) is 2.50. The molecule has 5 nitrogen and oxygen atoms in total. The van der Waals surface area contributed by atoms with Crippen LogP contribution in [0.5, 0.6) is 11.5 Å². The maximum Gasteiger partial charge on any atom is 0.315 e. The topological polar surface area (TPSA) is 64.6 Å². The van der Waals surface area contributed by atoms with Gasteiger partial charge in [0.15, 0.2) is 6.61 Å². The summed E-state index contributed by atoms with van der Waals surface area (Å²) in [6, 6.07) is 10.3. The third kappa shape index (κ3) is 3.22. The fourth-order valence-electron chi connectivity index (χ4n) is 2.05. The first-order valence-corrected chi connectivity index (χ1v) is 6.62. The van der Waals surface area contributed by atoms with E-state index in [1.54, 1.807) is 12.1 Å². The molecule has 0 aliphatic carbocycles. The highest BCUT2D eigenvalue weighted by Crippen LogP contribution is 2.31. The van der Waals surface area contributed by atoms with E-state index in [4.69, 9.17) is 9.47 Å². The fraction of sp³-hybridized carbons (Fsp3) is 0.125. The van der Waals surface area contributed by atoms with Gasteiger partial charge in [0.1, 0.15) is 17.3 Å². The van der Waals surface area contributed by atoms with E-state index in [-0.39, 0.29) is 24.8 Å². The zero-order valence-corrected chi connectivity index (χ0v) is 11.5. The molecule has 1 N–H and O–H groups in total. The molecule has 1 amide bonds. The molecule has 112 valence electrons. The number of hydrogen-bond acceptors (Lipinski definition) is 4. The zero-order chi connectivity index (χ0) is 15.5. The van der Waals surface area contributed by atoms with E-state index < -0.39 is 5.97 Å². The Bertz CT molecular complexity index is 727. The minimum Gasteiger partial charge on any atom is -0.481 e. The summed E-state index contributed by atoms with van der Waals surface area (Å²) in [7, 11) is 0. The summed E-state index contributed by atoms with van der Waals surface area (Å²) in [4.78, 5) is 23.0. The summed E-state index contributed by atoms with van der Waals surface area (Å²) in [6.45, 7) is -0.0695. The largest absolute Gasteiger partial charge is 0.481 e. The minimum atomic E-state index is -0.466. The normalized spacial score (nSPS) is 12.9. The van der Waals surface area contributed by atoms with Gasteiger partial charge in [-0.1, -0.05) is 12.1 Å². The monoisotopic (exact) mass is 301 g/mol. The summed E-state index contributed by atoms with van der Waals surface area (Å²) >= 11 is 0. The number of amides is 1. The van der Waals surface area contributed by atoms with Crippen molar-refractivity contribution in [3.8, 4) is 11.5 Å². The first kappa shape index (κ1) is 14.1. The molecule has 0 saturated heterocycles. The Hall–Kier alpha value is -2.89. The lowest BCUT2D eigenvalue weighted by atomic mass is 10.1. The summed E-state index contributed by atoms with van der Waals surface area (Å²) in [5, 5.41) is 2.65. The molecule has 0 fully saturated rings. The molecular weight excluding hydrogens is 289 g/mol. The van der Waals surface area contributed by atoms with Crippen molar-refractivity contribution in [3.05, 3.63) is 53.8 Å². The third-order valence-corrected chi connectivity index (χ3v) is 3.08. The van der Waals surface area contributed by atoms with Crippen LogP contribution in [0.3, 0.4) is 0 Å². The summed E-state index contributed by atoms with van der Waals surface area (Å²) in [5.74, 6) is -0.278. The molecule has 0 unspecified atom stereocenters. The molecule has 0 atom stereocenters. The summed E-state index contributed by atoms with van der Waals surface area (Å²) < 4.78 is 23.3. The Morgan fingerprint density at radius 1 is 1.23 bits per heavy atom. The molecule has 1 heterocycles. The molecule has 0 spiro atoms. The first-order valence-electron chi connectivity index (χ1n) is 6.62. The van der Waals surface area contributed by atoms with Crippen molar-refractivity contribution < 1.29 is 23.5 Å². The summed E-state index contributed by atoms with van der Waals surface area (Å²) in [5.41, 5.74) is 1.20. The van der Waals surface area contributed by atoms with Crippen molar-refractivity contribution >= 4 is 17.6 Å². The number of rotatable bonds is 3. The van der Waals surface area contributed by atoms with E-state index in [0.717, 1.165) is 0 Å². The average molecular weight is 301 g/mol. The van der Waals surface area contributed by atoms with Gasteiger partial charge in [-0.3, -0.25) is 9.59 Å². The van der Waals surface area contributed by atoms with Crippen LogP contribution in [0.1, 0.15) is 5.56 Å². The van der Waals surface area contributed by atoms with Crippen LogP contribution in [0.15, 0.2) is 42.5 Å². The number of carbonyl (C=O) groups excluding carboxylic acids is 2. The molecule has 2 aromatic rings. The number of hydrogen-bond donors (Lipinski definition) is 1. The van der Waals surface area contributed by atoms with Gasteiger partial charge in [0.25, 0.3) is 5.91 Å². The van der Waals surface area contributed by atoms with Crippen molar-refractivity contribution in [2.24, 2.45) is 0 Å². The van der Waals surface area contributed by atoms with Crippen molar-refractivity contribution in [1.82, 2.24) is 0 Å². The van der Waals surface area contributed by atoms with Gasteiger partial charge in [-0.15, -0.1) is 0 Å². The number of benzene rings is 2. The highest BCUT2D eigenvalue weighted by atomic mass is 19.1. The van der Waals surface area contributed by atoms with Crippen LogP contribution < -0.4 is 14.8 Å². The van der Waals surface area contributed by atoms with E-state index >= 15 is 0 Å². The lowest BCUT2D eigenvalue weighted by molar-refractivity contribution is -0.133. The molecule has 0 bridgehead atoms. The lowest BCUT2D eigenvalue weighted by Gasteiger charge is -2.18. The number of ether oxygens (including phenoxy) is 2. The minimum absolute atomic E-state index is 0.0367. The predicted octanol–water partition coefficient (Wildman–Crippen LogP) is 2.30. The maximum atomic E-state index is 12.8. The third-order valence-electron chi connectivity index (χ3n) is 3.08. The number of nitrogens with one attached hydrogen (secondary N) is 1. The van der Waals surface area contributed by atoms with E-state index in [2.05, 4.69) is 5.32 Å². The van der Waals surface area contributed by atoms with Gasteiger partial charge in [0.05, 0.1) is 12.1 Å². The highest BCUT2D eigenvalue weighted by molar-refractivity contribution is 5.95. The van der Waals surface area contributed by atoms with Gasteiger partial charge in [-0.2, -0.15) is 0 Å². The second kappa shape index (κ2) is 5.85. The van der Waals surface area contributed by atoms with Gasteiger partial charge in [-0.25, -0.2) is 4.39 Å². The molecular formula is C16H12FNO4. The van der Waals surface area contributed by atoms with Crippen LogP contribution >= 0.6 is 0 Å². The first-order chi connectivity index (χ1) is 10.6. The second-order valence-electron chi connectivity index (χ2n) is 4.77. The molecule has 1 aliphatic rings. The number of esters is 1. The van der Waals surface area contributed by atoms with Crippen molar-refractivity contribution in [3.63, 3.8) is 0 Å². The Balaban J connectivity index is 1.66. The zero-order valence-electron chi connectivity index (χ0n) is 11.5. The molecule has 6 heteroatoms. The van der Waals surface area contributed by atoms with Crippen LogP contribution in [-0.4, -0.2) is 18.5 Å². The highest BCUT2D eigenvalue weighted by Gasteiger charge is 2.17. The van der Waals surface area contributed by atoms with Crippen molar-refractivity contribution in [2.45, 2.75) is 6.42 Å². The second-order valence-corrected chi connectivity index (χ2v) is 4.77. The van der Waals surface area contributed by atoms with Crippen LogP contribution in [0.25, 0.3) is 0 Å². The van der Waals surface area contributed by atoms with Gasteiger partial charge < -0.3 is 14.8 Å². The van der Waals surface area contributed by atoms with Gasteiger partial charge in [0, 0.05) is 6.07 Å². The molecule has 22 heavy (non-hydrogen) atoms. The van der Waals surface area contributed by atoms with Crippen molar-refractivity contribution in [2.75, 3.05) is 11.9 Å².